The van der Waals surface area contributed by atoms with Crippen LogP contribution in [-0.2, 0) is 16.0 Å². The van der Waals surface area contributed by atoms with Crippen LogP contribution in [0.5, 0.6) is 0 Å². The molecule has 1 aliphatic heterocycles. The highest BCUT2D eigenvalue weighted by atomic mass is 35.5. The molecule has 0 aromatic heterocycles. The zero-order valence-corrected chi connectivity index (χ0v) is 13.7. The van der Waals surface area contributed by atoms with Gasteiger partial charge in [-0.3, -0.25) is 9.59 Å². The number of hydrogen-bond acceptors (Lipinski definition) is 3. The summed E-state index contributed by atoms with van der Waals surface area (Å²) >= 11 is 0. The molecular formula is C16H24ClN3O2. The molecule has 122 valence electrons. The van der Waals surface area contributed by atoms with E-state index < -0.39 is 0 Å². The summed E-state index contributed by atoms with van der Waals surface area (Å²) in [6.45, 7) is 3.39. The van der Waals surface area contributed by atoms with Crippen LogP contribution in [0.25, 0.3) is 0 Å². The van der Waals surface area contributed by atoms with Crippen molar-refractivity contribution in [2.45, 2.75) is 32.2 Å². The van der Waals surface area contributed by atoms with Crippen LogP contribution in [0.1, 0.15) is 24.0 Å². The van der Waals surface area contributed by atoms with Crippen LogP contribution < -0.4 is 11.1 Å². The van der Waals surface area contributed by atoms with Crippen LogP contribution in [0, 0.1) is 6.92 Å². The van der Waals surface area contributed by atoms with Gasteiger partial charge >= 0.3 is 0 Å². The molecule has 3 N–H and O–H groups in total. The van der Waals surface area contributed by atoms with Crippen molar-refractivity contribution in [2.75, 3.05) is 19.6 Å². The predicted molar refractivity (Wildman–Crippen MR) is 88.9 cm³/mol. The van der Waals surface area contributed by atoms with E-state index in [-0.39, 0.29) is 36.8 Å². The lowest BCUT2D eigenvalue weighted by molar-refractivity contribution is -0.132. The maximum atomic E-state index is 11.9. The minimum absolute atomic E-state index is 0. The maximum Gasteiger partial charge on any atom is 0.242 e. The molecule has 0 spiro atoms. The van der Waals surface area contributed by atoms with Crippen molar-refractivity contribution in [3.63, 3.8) is 0 Å². The summed E-state index contributed by atoms with van der Waals surface area (Å²) in [5, 5.41) is 2.68. The first-order valence-electron chi connectivity index (χ1n) is 7.40. The van der Waals surface area contributed by atoms with E-state index in [0.717, 1.165) is 12.0 Å². The van der Waals surface area contributed by atoms with Crippen LogP contribution in [0.3, 0.4) is 0 Å². The fourth-order valence-electron chi connectivity index (χ4n) is 2.40. The van der Waals surface area contributed by atoms with E-state index in [1.165, 1.54) is 5.56 Å². The van der Waals surface area contributed by atoms with Gasteiger partial charge in [0.05, 0.1) is 6.54 Å². The van der Waals surface area contributed by atoms with Crippen molar-refractivity contribution < 1.29 is 9.59 Å². The number of carbonyl (C=O) groups is 2. The van der Waals surface area contributed by atoms with Gasteiger partial charge in [-0.15, -0.1) is 12.4 Å². The molecule has 0 bridgehead atoms. The van der Waals surface area contributed by atoms with Gasteiger partial charge in [-0.05, 0) is 25.3 Å². The molecule has 1 heterocycles. The summed E-state index contributed by atoms with van der Waals surface area (Å²) in [5.41, 5.74) is 8.10. The standard InChI is InChI=1S/C16H23N3O2.ClH/c1-12-2-4-13(5-3-12)6-7-15(20)18-10-16(21)19-9-8-14(17)11-19;/h2-5,14H,6-11,17H2,1H3,(H,18,20);1H/t14-;/m1./s1. The van der Waals surface area contributed by atoms with Gasteiger partial charge in [-0.1, -0.05) is 29.8 Å². The molecule has 5 nitrogen and oxygen atoms in total. The van der Waals surface area contributed by atoms with Crippen molar-refractivity contribution in [3.05, 3.63) is 35.4 Å². The topological polar surface area (TPSA) is 75.4 Å². The van der Waals surface area contributed by atoms with E-state index >= 15 is 0 Å². The average Bonchev–Trinajstić information content (AvgIpc) is 2.91. The largest absolute Gasteiger partial charge is 0.347 e. The van der Waals surface area contributed by atoms with E-state index in [0.29, 0.717) is 25.9 Å². The van der Waals surface area contributed by atoms with Crippen LogP contribution in [-0.4, -0.2) is 42.4 Å². The van der Waals surface area contributed by atoms with Gasteiger partial charge < -0.3 is 16.0 Å². The molecule has 1 fully saturated rings. The van der Waals surface area contributed by atoms with E-state index in [1.54, 1.807) is 4.90 Å². The summed E-state index contributed by atoms with van der Waals surface area (Å²) in [4.78, 5) is 25.3. The molecule has 22 heavy (non-hydrogen) atoms. The minimum Gasteiger partial charge on any atom is -0.347 e. The van der Waals surface area contributed by atoms with Gasteiger partial charge in [-0.2, -0.15) is 0 Å². The molecule has 1 atom stereocenters. The van der Waals surface area contributed by atoms with Crippen molar-refractivity contribution in [3.8, 4) is 0 Å². The molecule has 1 aliphatic rings. The summed E-state index contributed by atoms with van der Waals surface area (Å²) in [7, 11) is 0. The smallest absolute Gasteiger partial charge is 0.242 e. The second-order valence-corrected chi connectivity index (χ2v) is 5.65. The molecule has 6 heteroatoms. The molecule has 2 amide bonds. The van der Waals surface area contributed by atoms with Crippen LogP contribution in [0.4, 0.5) is 0 Å². The highest BCUT2D eigenvalue weighted by Crippen LogP contribution is 2.07. The fourth-order valence-corrected chi connectivity index (χ4v) is 2.40. The molecule has 2 rings (SSSR count). The van der Waals surface area contributed by atoms with E-state index in [9.17, 15) is 9.59 Å². The number of nitrogens with zero attached hydrogens (tertiary/aromatic N) is 1. The second kappa shape index (κ2) is 8.76. The number of halogens is 1. The normalized spacial score (nSPS) is 17.0. The molecule has 0 saturated carbocycles. The molecule has 1 aromatic carbocycles. The first-order valence-corrected chi connectivity index (χ1v) is 7.40. The summed E-state index contributed by atoms with van der Waals surface area (Å²) < 4.78 is 0. The number of likely N-dealkylation sites (tertiary alicyclic amines) is 1. The van der Waals surface area contributed by atoms with Gasteiger partial charge in [0, 0.05) is 25.6 Å². The number of nitrogens with one attached hydrogen (secondary N) is 1. The van der Waals surface area contributed by atoms with Crippen LogP contribution >= 0.6 is 12.4 Å². The molecule has 0 radical (unpaired) electrons. The zero-order chi connectivity index (χ0) is 15.2. The number of benzene rings is 1. The first kappa shape index (κ1) is 18.5. The Bertz CT molecular complexity index is 505. The van der Waals surface area contributed by atoms with E-state index in [4.69, 9.17) is 5.73 Å². The Balaban J connectivity index is 0.00000242. The Morgan fingerprint density at radius 2 is 2.00 bits per heavy atom. The van der Waals surface area contributed by atoms with Crippen LogP contribution in [0.15, 0.2) is 24.3 Å². The van der Waals surface area contributed by atoms with E-state index in [1.807, 2.05) is 31.2 Å². The molecule has 0 unspecified atom stereocenters. The van der Waals surface area contributed by atoms with Crippen molar-refractivity contribution >= 4 is 24.2 Å². The lowest BCUT2D eigenvalue weighted by Crippen LogP contribution is -2.40. The molecule has 1 aromatic rings. The quantitative estimate of drug-likeness (QED) is 0.849. The lowest BCUT2D eigenvalue weighted by Gasteiger charge is -2.16. The van der Waals surface area contributed by atoms with Gasteiger partial charge in [0.2, 0.25) is 11.8 Å². The third-order valence-electron chi connectivity index (χ3n) is 3.78. The lowest BCUT2D eigenvalue weighted by atomic mass is 10.1. The van der Waals surface area contributed by atoms with E-state index in [2.05, 4.69) is 5.32 Å². The minimum atomic E-state index is -0.0904. The number of nitrogens with two attached hydrogens (primary N) is 1. The number of amides is 2. The highest BCUT2D eigenvalue weighted by Gasteiger charge is 2.23. The van der Waals surface area contributed by atoms with Crippen molar-refractivity contribution in [1.82, 2.24) is 10.2 Å². The molecule has 1 saturated heterocycles. The monoisotopic (exact) mass is 325 g/mol. The van der Waals surface area contributed by atoms with Gasteiger partial charge in [0.25, 0.3) is 0 Å². The summed E-state index contributed by atoms with van der Waals surface area (Å²) in [5.74, 6) is -0.140. The maximum absolute atomic E-state index is 11.9. The molecular weight excluding hydrogens is 302 g/mol. The van der Waals surface area contributed by atoms with Crippen molar-refractivity contribution in [1.29, 1.82) is 0 Å². The first-order chi connectivity index (χ1) is 10.0. The number of aryl methyl sites for hydroxylation is 2. The predicted octanol–water partition coefficient (Wildman–Crippen LogP) is 1.03. The third kappa shape index (κ3) is 5.66. The summed E-state index contributed by atoms with van der Waals surface area (Å²) in [6.07, 6.45) is 1.93. The zero-order valence-electron chi connectivity index (χ0n) is 12.9. The SMILES string of the molecule is Cc1ccc(CCC(=O)NCC(=O)N2CC[C@@H](N)C2)cc1.Cl. The highest BCUT2D eigenvalue weighted by molar-refractivity contribution is 5.85. The van der Waals surface area contributed by atoms with Gasteiger partial charge in [0.15, 0.2) is 0 Å². The number of carbonyl (C=O) groups excluding carboxylic acids is 2. The third-order valence-corrected chi connectivity index (χ3v) is 3.78. The average molecular weight is 326 g/mol. The van der Waals surface area contributed by atoms with Crippen LogP contribution in [0.2, 0.25) is 0 Å². The van der Waals surface area contributed by atoms with Crippen molar-refractivity contribution in [2.24, 2.45) is 5.73 Å². The fraction of sp³-hybridized carbons (Fsp3) is 0.500. The number of rotatable bonds is 5. The van der Waals surface area contributed by atoms with Gasteiger partial charge in [-0.25, -0.2) is 0 Å². The number of hydrogen-bond donors (Lipinski definition) is 2. The summed E-state index contributed by atoms with van der Waals surface area (Å²) in [6, 6.07) is 8.20. The Morgan fingerprint density at radius 1 is 1.32 bits per heavy atom. The van der Waals surface area contributed by atoms with Gasteiger partial charge in [0.1, 0.15) is 0 Å². The Hall–Kier alpha value is -1.59. The Kier molecular flexibility index (Phi) is 7.35. The second-order valence-electron chi connectivity index (χ2n) is 5.65. The molecule has 0 aliphatic carbocycles. The Morgan fingerprint density at radius 3 is 2.59 bits per heavy atom. The Labute approximate surface area is 137 Å².